The smallest absolute Gasteiger partial charge is 0.138 e. The Morgan fingerprint density at radius 2 is 1.60 bits per heavy atom. The average Bonchev–Trinajstić information content (AvgIpc) is 3.46. The lowest BCUT2D eigenvalue weighted by atomic mass is 9.44. The summed E-state index contributed by atoms with van der Waals surface area (Å²) >= 11 is 0. The van der Waals surface area contributed by atoms with Gasteiger partial charge in [0, 0.05) is 29.9 Å². The summed E-state index contributed by atoms with van der Waals surface area (Å²) in [4.78, 5) is 11.3. The van der Waals surface area contributed by atoms with Crippen LogP contribution in [0.25, 0.3) is 0 Å². The number of amidine groups is 1. The Labute approximate surface area is 317 Å². The van der Waals surface area contributed by atoms with E-state index in [1.54, 1.807) is 0 Å². The van der Waals surface area contributed by atoms with Gasteiger partial charge in [-0.05, 0) is 98.4 Å². The second-order valence-corrected chi connectivity index (χ2v) is 17.8. The molecule has 53 heavy (non-hydrogen) atoms. The van der Waals surface area contributed by atoms with Crippen LogP contribution in [0.4, 0.5) is 0 Å². The predicted molar refractivity (Wildman–Crippen MR) is 216 cm³/mol. The van der Waals surface area contributed by atoms with E-state index in [1.807, 2.05) is 0 Å². The molecule has 4 heteroatoms. The molecule has 0 N–H and O–H groups in total. The Balaban J connectivity index is 1.03. The molecule has 4 nitrogen and oxygen atoms in total. The average molecular weight is 707 g/mol. The zero-order valence-corrected chi connectivity index (χ0v) is 31.6. The highest BCUT2D eigenvalue weighted by molar-refractivity contribution is 6.03. The van der Waals surface area contributed by atoms with Crippen LogP contribution >= 0.6 is 0 Å². The van der Waals surface area contributed by atoms with Crippen molar-refractivity contribution in [3.05, 3.63) is 121 Å². The van der Waals surface area contributed by atoms with Crippen LogP contribution in [0.1, 0.15) is 84.0 Å². The first-order valence-corrected chi connectivity index (χ1v) is 21.4. The molecule has 10 rings (SSSR count). The van der Waals surface area contributed by atoms with Crippen LogP contribution in [0.3, 0.4) is 0 Å². The maximum Gasteiger partial charge on any atom is 0.138 e. The minimum Gasteiger partial charge on any atom is -0.374 e. The topological polar surface area (TPSA) is 43.2 Å². The van der Waals surface area contributed by atoms with E-state index in [0.717, 1.165) is 56.5 Å². The molecule has 2 saturated heterocycles. The molecule has 3 aliphatic heterocycles. The normalized spacial score (nSPS) is 45.3. The van der Waals surface area contributed by atoms with E-state index in [-0.39, 0.29) is 23.5 Å². The minimum atomic E-state index is 0.0626. The number of ether oxygens (including phenoxy) is 2. The monoisotopic (exact) mass is 706 g/mol. The number of fused-ring (bicyclic) bond motifs is 5. The standard InChI is InChI=1S/C49H58N2O2/c1-32-15-12-26-41-46(32)53-45-28-11-9-25-40(45)49(41,35-19-6-3-7-20-35)36-21-13-18-34(31-36)43-30-29-42(33-16-4-2-5-17-33)50-48(51-43)39-24-14-23-38-37-22-8-10-27-44(37)52-47(38)39/h2-4,6-8,10,12-16,19,21-22,24,27,29,32,34-41,44-47H,5,9,11,17-18,20,23,25-26,28,30-31H2,1H3. The van der Waals surface area contributed by atoms with Crippen LogP contribution in [0.5, 0.6) is 0 Å². The molecule has 14 unspecified atom stereocenters. The molecule has 276 valence electrons. The summed E-state index contributed by atoms with van der Waals surface area (Å²) in [5.74, 6) is 4.92. The van der Waals surface area contributed by atoms with E-state index in [1.165, 1.54) is 43.4 Å². The molecule has 3 heterocycles. The largest absolute Gasteiger partial charge is 0.374 e. The molecule has 3 fully saturated rings. The second-order valence-electron chi connectivity index (χ2n) is 17.8. The number of aliphatic imine (C=N–C) groups is 2. The number of rotatable bonds is 5. The molecule has 14 atom stereocenters. The van der Waals surface area contributed by atoms with Gasteiger partial charge in [0.2, 0.25) is 0 Å². The van der Waals surface area contributed by atoms with Crippen LogP contribution in [-0.4, -0.2) is 36.0 Å². The summed E-state index contributed by atoms with van der Waals surface area (Å²) in [6.45, 7) is 2.42. The number of hydrogen-bond donors (Lipinski definition) is 0. The highest BCUT2D eigenvalue weighted by atomic mass is 16.5. The van der Waals surface area contributed by atoms with Gasteiger partial charge in [0.15, 0.2) is 0 Å². The van der Waals surface area contributed by atoms with Crippen molar-refractivity contribution in [2.45, 2.75) is 108 Å². The van der Waals surface area contributed by atoms with Crippen LogP contribution in [0, 0.1) is 58.7 Å². The highest BCUT2D eigenvalue weighted by Crippen LogP contribution is 2.64. The second kappa shape index (κ2) is 14.4. The first-order valence-electron chi connectivity index (χ1n) is 21.4. The van der Waals surface area contributed by atoms with Crippen molar-refractivity contribution in [1.29, 1.82) is 0 Å². The van der Waals surface area contributed by atoms with E-state index >= 15 is 0 Å². The fourth-order valence-corrected chi connectivity index (χ4v) is 12.9. The molecule has 0 bridgehead atoms. The fraction of sp³-hybridized carbons (Fsp3) is 0.551. The molecule has 0 spiro atoms. The Kier molecular flexibility index (Phi) is 9.27. The molecule has 0 aromatic carbocycles. The van der Waals surface area contributed by atoms with E-state index < -0.39 is 0 Å². The Morgan fingerprint density at radius 3 is 2.51 bits per heavy atom. The van der Waals surface area contributed by atoms with Gasteiger partial charge in [-0.3, -0.25) is 0 Å². The van der Waals surface area contributed by atoms with E-state index in [9.17, 15) is 0 Å². The van der Waals surface area contributed by atoms with Crippen molar-refractivity contribution < 1.29 is 9.47 Å². The molecule has 0 amide bonds. The summed E-state index contributed by atoms with van der Waals surface area (Å²) in [5.41, 5.74) is 3.98. The third-order valence-corrected chi connectivity index (χ3v) is 15.2. The SMILES string of the molecule is CC1C=CCC2C1OC1CCCCC1C2(C1C=CC=CC1)C1C=CCC(C2=NC(C3C=CCC4C5C=CC=CC5OC34)=NC(C3=CC=CCC3)=CC2)C1. The zero-order chi connectivity index (χ0) is 35.4. The van der Waals surface area contributed by atoms with E-state index in [0.29, 0.717) is 59.6 Å². The van der Waals surface area contributed by atoms with E-state index in [2.05, 4.69) is 116 Å². The van der Waals surface area contributed by atoms with Crippen LogP contribution in [0.15, 0.2) is 131 Å². The number of nitrogens with zero attached hydrogens (tertiary/aromatic N) is 2. The van der Waals surface area contributed by atoms with Crippen LogP contribution in [0.2, 0.25) is 0 Å². The molecule has 0 aromatic heterocycles. The fourth-order valence-electron chi connectivity index (χ4n) is 12.9. The van der Waals surface area contributed by atoms with Gasteiger partial charge in [-0.1, -0.05) is 129 Å². The summed E-state index contributed by atoms with van der Waals surface area (Å²) in [7, 11) is 0. The summed E-state index contributed by atoms with van der Waals surface area (Å²) in [6.07, 6.45) is 57.6. The zero-order valence-electron chi connectivity index (χ0n) is 31.6. The lowest BCUT2D eigenvalue weighted by Crippen LogP contribution is -2.63. The van der Waals surface area contributed by atoms with Gasteiger partial charge in [0.25, 0.3) is 0 Å². The summed E-state index contributed by atoms with van der Waals surface area (Å²) in [5, 5.41) is 0. The van der Waals surface area contributed by atoms with Crippen molar-refractivity contribution in [2.75, 3.05) is 0 Å². The van der Waals surface area contributed by atoms with Crippen LogP contribution in [-0.2, 0) is 9.47 Å². The minimum absolute atomic E-state index is 0.0626. The molecular formula is C49H58N2O2. The molecule has 1 saturated carbocycles. The van der Waals surface area contributed by atoms with E-state index in [4.69, 9.17) is 19.5 Å². The maximum absolute atomic E-state index is 7.22. The lowest BCUT2D eigenvalue weighted by molar-refractivity contribution is -0.237. The Hall–Kier alpha value is -3.34. The number of allylic oxidation sites excluding steroid dienone is 15. The third kappa shape index (κ3) is 5.93. The Bertz CT molecular complexity index is 1810. The highest BCUT2D eigenvalue weighted by Gasteiger charge is 2.62. The molecule has 0 radical (unpaired) electrons. The van der Waals surface area contributed by atoms with Crippen molar-refractivity contribution in [3.8, 4) is 0 Å². The van der Waals surface area contributed by atoms with Gasteiger partial charge < -0.3 is 9.47 Å². The first-order chi connectivity index (χ1) is 26.2. The molecule has 10 aliphatic rings. The molecular weight excluding hydrogens is 649 g/mol. The van der Waals surface area contributed by atoms with Crippen molar-refractivity contribution >= 4 is 11.5 Å². The molecule has 0 aromatic rings. The van der Waals surface area contributed by atoms with Gasteiger partial charge in [0.05, 0.1) is 36.0 Å². The predicted octanol–water partition coefficient (Wildman–Crippen LogP) is 11.0. The summed E-state index contributed by atoms with van der Waals surface area (Å²) in [6, 6.07) is 0. The quantitative estimate of drug-likeness (QED) is 0.267. The van der Waals surface area contributed by atoms with Crippen LogP contribution < -0.4 is 0 Å². The van der Waals surface area contributed by atoms with Gasteiger partial charge in [-0.15, -0.1) is 0 Å². The molecule has 7 aliphatic carbocycles. The van der Waals surface area contributed by atoms with Crippen molar-refractivity contribution in [1.82, 2.24) is 0 Å². The van der Waals surface area contributed by atoms with Gasteiger partial charge in [-0.2, -0.15) is 0 Å². The third-order valence-electron chi connectivity index (χ3n) is 15.2. The first kappa shape index (κ1) is 34.2. The van der Waals surface area contributed by atoms with Gasteiger partial charge in [-0.25, -0.2) is 9.98 Å². The maximum atomic E-state index is 7.22. The number of hydrogen-bond acceptors (Lipinski definition) is 4. The Morgan fingerprint density at radius 1 is 0.717 bits per heavy atom. The summed E-state index contributed by atoms with van der Waals surface area (Å²) < 4.78 is 14.1. The van der Waals surface area contributed by atoms with Gasteiger partial charge in [0.1, 0.15) is 5.84 Å². The van der Waals surface area contributed by atoms with Gasteiger partial charge >= 0.3 is 0 Å². The lowest BCUT2D eigenvalue weighted by Gasteiger charge is -2.64. The van der Waals surface area contributed by atoms with Crippen molar-refractivity contribution in [2.24, 2.45) is 68.7 Å². The van der Waals surface area contributed by atoms with Crippen molar-refractivity contribution in [3.63, 3.8) is 0 Å².